The van der Waals surface area contributed by atoms with E-state index in [2.05, 4.69) is 12.2 Å². The van der Waals surface area contributed by atoms with Crippen molar-refractivity contribution in [2.75, 3.05) is 5.75 Å². The van der Waals surface area contributed by atoms with Crippen LogP contribution in [0.1, 0.15) is 40.0 Å². The molecule has 4 heteroatoms. The highest BCUT2D eigenvalue weighted by Crippen LogP contribution is 2.30. The molecule has 2 N–H and O–H groups in total. The van der Waals surface area contributed by atoms with Gasteiger partial charge in [0, 0.05) is 17.3 Å². The maximum absolute atomic E-state index is 10.8. The molecule has 3 nitrogen and oxygen atoms in total. The van der Waals surface area contributed by atoms with Gasteiger partial charge in [0.15, 0.2) is 0 Å². The van der Waals surface area contributed by atoms with E-state index < -0.39 is 5.97 Å². The molecule has 1 aliphatic rings. The van der Waals surface area contributed by atoms with Crippen molar-refractivity contribution in [2.45, 2.75) is 57.4 Å². The van der Waals surface area contributed by atoms with E-state index in [4.69, 9.17) is 5.11 Å². The van der Waals surface area contributed by atoms with Crippen LogP contribution in [-0.2, 0) is 4.79 Å². The highest BCUT2D eigenvalue weighted by Gasteiger charge is 2.28. The molecule has 1 aliphatic carbocycles. The van der Waals surface area contributed by atoms with Crippen LogP contribution in [0.25, 0.3) is 0 Å². The quantitative estimate of drug-likeness (QED) is 0.754. The molecule has 0 spiro atoms. The molecule has 4 unspecified atom stereocenters. The molecule has 94 valence electrons. The van der Waals surface area contributed by atoms with Crippen molar-refractivity contribution in [3.05, 3.63) is 0 Å². The Labute approximate surface area is 102 Å². The second-order valence-electron chi connectivity index (χ2n) is 4.67. The highest BCUT2D eigenvalue weighted by atomic mass is 32.2. The van der Waals surface area contributed by atoms with Gasteiger partial charge in [0.2, 0.25) is 0 Å². The summed E-state index contributed by atoms with van der Waals surface area (Å²) in [5, 5.41) is 13.1. The molecule has 0 heterocycles. The minimum atomic E-state index is -0.711. The van der Waals surface area contributed by atoms with Gasteiger partial charge in [0.1, 0.15) is 0 Å². The van der Waals surface area contributed by atoms with E-state index in [-0.39, 0.29) is 12.0 Å². The van der Waals surface area contributed by atoms with Gasteiger partial charge in [-0.05, 0) is 31.9 Å². The third-order valence-corrected chi connectivity index (χ3v) is 4.66. The van der Waals surface area contributed by atoms with Gasteiger partial charge in [-0.2, -0.15) is 11.8 Å². The molecule has 0 aliphatic heterocycles. The first kappa shape index (κ1) is 13.8. The van der Waals surface area contributed by atoms with Crippen LogP contribution in [0.2, 0.25) is 0 Å². The highest BCUT2D eigenvalue weighted by molar-refractivity contribution is 7.99. The van der Waals surface area contributed by atoms with Gasteiger partial charge in [0.05, 0.1) is 5.92 Å². The molecule has 16 heavy (non-hydrogen) atoms. The van der Waals surface area contributed by atoms with E-state index >= 15 is 0 Å². The lowest BCUT2D eigenvalue weighted by molar-refractivity contribution is -0.142. The Bertz CT molecular complexity index is 235. The molecule has 0 bridgehead atoms. The minimum absolute atomic E-state index is 0.0628. The van der Waals surface area contributed by atoms with Crippen molar-refractivity contribution < 1.29 is 9.90 Å². The van der Waals surface area contributed by atoms with Crippen LogP contribution in [-0.4, -0.2) is 34.2 Å². The van der Waals surface area contributed by atoms with Crippen LogP contribution in [0, 0.1) is 5.92 Å². The third-order valence-electron chi connectivity index (χ3n) is 3.43. The minimum Gasteiger partial charge on any atom is -0.481 e. The number of carboxylic acid groups (broad SMARTS) is 1. The Balaban J connectivity index is 2.30. The average molecular weight is 245 g/mol. The fraction of sp³-hybridized carbons (Fsp3) is 0.917. The molecular weight excluding hydrogens is 222 g/mol. The number of hydrogen-bond acceptors (Lipinski definition) is 3. The zero-order valence-electron chi connectivity index (χ0n) is 10.4. The molecule has 1 rings (SSSR count). The summed E-state index contributed by atoms with van der Waals surface area (Å²) in [5.41, 5.74) is 0. The van der Waals surface area contributed by atoms with E-state index in [0.29, 0.717) is 6.04 Å². The molecule has 0 aromatic rings. The van der Waals surface area contributed by atoms with Crippen molar-refractivity contribution in [3.63, 3.8) is 0 Å². The van der Waals surface area contributed by atoms with Gasteiger partial charge in [-0.3, -0.25) is 4.79 Å². The monoisotopic (exact) mass is 245 g/mol. The fourth-order valence-electron chi connectivity index (χ4n) is 2.21. The zero-order chi connectivity index (χ0) is 12.1. The van der Waals surface area contributed by atoms with Crippen molar-refractivity contribution in [1.82, 2.24) is 5.32 Å². The lowest BCUT2D eigenvalue weighted by Gasteiger charge is -2.22. The van der Waals surface area contributed by atoms with Crippen molar-refractivity contribution in [2.24, 2.45) is 5.92 Å². The smallest absolute Gasteiger partial charge is 0.307 e. The molecule has 4 atom stereocenters. The van der Waals surface area contributed by atoms with Gasteiger partial charge in [-0.15, -0.1) is 0 Å². The van der Waals surface area contributed by atoms with Gasteiger partial charge < -0.3 is 10.4 Å². The van der Waals surface area contributed by atoms with Crippen LogP contribution < -0.4 is 5.32 Å². The molecule has 0 aromatic heterocycles. The molecular formula is C12H23NO2S. The molecule has 1 fully saturated rings. The number of nitrogens with one attached hydrogen (secondary N) is 1. The molecule has 0 amide bonds. The number of carbonyl (C=O) groups is 1. The predicted molar refractivity (Wildman–Crippen MR) is 69.0 cm³/mol. The summed E-state index contributed by atoms with van der Waals surface area (Å²) < 4.78 is 0. The van der Waals surface area contributed by atoms with Gasteiger partial charge >= 0.3 is 5.97 Å². The van der Waals surface area contributed by atoms with Gasteiger partial charge in [-0.1, -0.05) is 13.8 Å². The maximum atomic E-state index is 10.8. The standard InChI is InChI=1S/C12H23NO2S/c1-4-16-11-6-5-10(7-11)13-9(3)8(2)12(14)15/h8-11,13H,4-7H2,1-3H3,(H,14,15). The predicted octanol–water partition coefficient (Wildman–Crippen LogP) is 2.36. The third kappa shape index (κ3) is 3.98. The van der Waals surface area contributed by atoms with E-state index in [0.717, 1.165) is 5.25 Å². The summed E-state index contributed by atoms with van der Waals surface area (Å²) in [6.07, 6.45) is 3.65. The average Bonchev–Trinajstić information content (AvgIpc) is 2.65. The van der Waals surface area contributed by atoms with Crippen molar-refractivity contribution in [1.29, 1.82) is 0 Å². The first-order valence-electron chi connectivity index (χ1n) is 6.15. The summed E-state index contributed by atoms with van der Waals surface area (Å²) in [4.78, 5) is 10.8. The summed E-state index contributed by atoms with van der Waals surface area (Å²) in [6.45, 7) is 5.94. The zero-order valence-corrected chi connectivity index (χ0v) is 11.2. The Hall–Kier alpha value is -0.220. The lowest BCUT2D eigenvalue weighted by Crippen LogP contribution is -2.41. The first-order valence-corrected chi connectivity index (χ1v) is 7.20. The summed E-state index contributed by atoms with van der Waals surface area (Å²) in [6, 6.07) is 0.578. The number of carboxylic acids is 1. The van der Waals surface area contributed by atoms with E-state index in [1.54, 1.807) is 6.92 Å². The number of rotatable bonds is 6. The Morgan fingerprint density at radius 1 is 1.50 bits per heavy atom. The van der Waals surface area contributed by atoms with Crippen molar-refractivity contribution >= 4 is 17.7 Å². The number of hydrogen-bond donors (Lipinski definition) is 2. The van der Waals surface area contributed by atoms with E-state index in [1.165, 1.54) is 25.0 Å². The maximum Gasteiger partial charge on any atom is 0.307 e. The van der Waals surface area contributed by atoms with Gasteiger partial charge in [0.25, 0.3) is 0 Å². The largest absolute Gasteiger partial charge is 0.481 e. The normalized spacial score (nSPS) is 28.9. The second kappa shape index (κ2) is 6.50. The van der Waals surface area contributed by atoms with Crippen LogP contribution >= 0.6 is 11.8 Å². The molecule has 0 saturated heterocycles. The number of thioether (sulfide) groups is 1. The van der Waals surface area contributed by atoms with E-state index in [9.17, 15) is 4.79 Å². The lowest BCUT2D eigenvalue weighted by atomic mass is 10.0. The Kier molecular flexibility index (Phi) is 5.62. The van der Waals surface area contributed by atoms with Crippen LogP contribution in [0.5, 0.6) is 0 Å². The molecule has 0 aromatic carbocycles. The summed E-state index contributed by atoms with van der Waals surface area (Å²) in [7, 11) is 0. The Morgan fingerprint density at radius 3 is 2.75 bits per heavy atom. The first-order chi connectivity index (χ1) is 7.54. The number of aliphatic carboxylic acids is 1. The molecule has 0 radical (unpaired) electrons. The Morgan fingerprint density at radius 2 is 2.19 bits per heavy atom. The van der Waals surface area contributed by atoms with Crippen LogP contribution in [0.15, 0.2) is 0 Å². The SMILES string of the molecule is CCSC1CCC(NC(C)C(C)C(=O)O)C1. The van der Waals surface area contributed by atoms with E-state index in [1.807, 2.05) is 18.7 Å². The van der Waals surface area contributed by atoms with Gasteiger partial charge in [-0.25, -0.2) is 0 Å². The van der Waals surface area contributed by atoms with Crippen molar-refractivity contribution in [3.8, 4) is 0 Å². The second-order valence-corrected chi connectivity index (χ2v) is 6.25. The van der Waals surface area contributed by atoms with Crippen LogP contribution in [0.3, 0.4) is 0 Å². The molecule has 1 saturated carbocycles. The summed E-state index contributed by atoms with van der Waals surface area (Å²) >= 11 is 2.03. The van der Waals surface area contributed by atoms with Crippen LogP contribution in [0.4, 0.5) is 0 Å². The fourth-order valence-corrected chi connectivity index (χ4v) is 3.35. The topological polar surface area (TPSA) is 49.3 Å². The summed E-state index contributed by atoms with van der Waals surface area (Å²) in [5.74, 6) is 0.161.